The molecule has 1 aromatic heterocycles. The van der Waals surface area contributed by atoms with Crippen molar-refractivity contribution in [2.75, 3.05) is 5.32 Å². The lowest BCUT2D eigenvalue weighted by molar-refractivity contribution is -0.141. The van der Waals surface area contributed by atoms with E-state index in [2.05, 4.69) is 10.3 Å². The molecule has 1 fully saturated rings. The summed E-state index contributed by atoms with van der Waals surface area (Å²) < 4.78 is 38.0. The highest BCUT2D eigenvalue weighted by atomic mass is 19.4. The van der Waals surface area contributed by atoms with E-state index in [1.807, 2.05) is 0 Å². The lowest BCUT2D eigenvalue weighted by Crippen LogP contribution is -2.26. The van der Waals surface area contributed by atoms with Crippen LogP contribution in [0.1, 0.15) is 48.2 Å². The Balaban J connectivity index is 2.29. The molecule has 0 atom stereocenters. The van der Waals surface area contributed by atoms with Gasteiger partial charge >= 0.3 is 6.18 Å². The zero-order valence-corrected chi connectivity index (χ0v) is 10.8. The minimum absolute atomic E-state index is 0.0106. The number of amides is 1. The van der Waals surface area contributed by atoms with Crippen LogP contribution in [0, 0.1) is 0 Å². The molecule has 20 heavy (non-hydrogen) atoms. The average molecular weight is 287 g/mol. The van der Waals surface area contributed by atoms with Gasteiger partial charge in [-0.2, -0.15) is 13.2 Å². The third-order valence-electron chi connectivity index (χ3n) is 3.40. The number of carbonyl (C=O) groups is 1. The molecular weight excluding hydrogens is 271 g/mol. The first-order valence-corrected chi connectivity index (χ1v) is 6.52. The van der Waals surface area contributed by atoms with Gasteiger partial charge in [0.2, 0.25) is 0 Å². The van der Waals surface area contributed by atoms with Gasteiger partial charge in [-0.15, -0.1) is 0 Å². The molecule has 1 aliphatic carbocycles. The quantitative estimate of drug-likeness (QED) is 0.898. The fraction of sp³-hybridized carbons (Fsp3) is 0.538. The van der Waals surface area contributed by atoms with E-state index in [4.69, 9.17) is 5.73 Å². The van der Waals surface area contributed by atoms with E-state index in [0.29, 0.717) is 0 Å². The molecule has 0 spiro atoms. The molecule has 0 aliphatic heterocycles. The number of alkyl halides is 3. The number of nitrogens with two attached hydrogens (primary N) is 1. The van der Waals surface area contributed by atoms with Gasteiger partial charge in [-0.25, -0.2) is 4.98 Å². The van der Waals surface area contributed by atoms with Crippen LogP contribution in [0.4, 0.5) is 19.0 Å². The molecule has 0 radical (unpaired) electrons. The molecule has 4 nitrogen and oxygen atoms in total. The largest absolute Gasteiger partial charge is 0.433 e. The van der Waals surface area contributed by atoms with Crippen molar-refractivity contribution in [3.8, 4) is 0 Å². The van der Waals surface area contributed by atoms with Crippen LogP contribution in [-0.2, 0) is 6.18 Å². The second kappa shape index (κ2) is 5.68. The van der Waals surface area contributed by atoms with E-state index in [-0.39, 0.29) is 17.4 Å². The fourth-order valence-electron chi connectivity index (χ4n) is 2.37. The summed E-state index contributed by atoms with van der Waals surface area (Å²) in [5.41, 5.74) is 4.14. The lowest BCUT2D eigenvalue weighted by Gasteiger charge is -2.24. The number of pyridine rings is 1. The van der Waals surface area contributed by atoms with Crippen molar-refractivity contribution in [3.05, 3.63) is 23.4 Å². The standard InChI is InChI=1S/C13H16F3N3O/c14-13(15,16)10-7-6-9(11(17)20)12(19-10)18-8-4-2-1-3-5-8/h6-8H,1-5H2,(H2,17,20)(H,18,19). The van der Waals surface area contributed by atoms with E-state index in [1.54, 1.807) is 0 Å². The van der Waals surface area contributed by atoms with E-state index >= 15 is 0 Å². The van der Waals surface area contributed by atoms with E-state index < -0.39 is 17.8 Å². The molecule has 0 unspecified atom stereocenters. The first-order valence-electron chi connectivity index (χ1n) is 6.52. The molecule has 3 N–H and O–H groups in total. The third-order valence-corrected chi connectivity index (χ3v) is 3.40. The predicted molar refractivity (Wildman–Crippen MR) is 68.3 cm³/mol. The molecule has 0 saturated heterocycles. The Kier molecular flexibility index (Phi) is 4.15. The van der Waals surface area contributed by atoms with Crippen molar-refractivity contribution < 1.29 is 18.0 Å². The minimum atomic E-state index is -4.54. The molecule has 1 amide bonds. The molecule has 2 rings (SSSR count). The summed E-state index contributed by atoms with van der Waals surface area (Å²) in [6, 6.07) is 1.88. The molecule has 7 heteroatoms. The molecule has 0 bridgehead atoms. The van der Waals surface area contributed by atoms with Gasteiger partial charge in [0, 0.05) is 6.04 Å². The molecule has 1 aromatic rings. The number of nitrogens with zero attached hydrogens (tertiary/aromatic N) is 1. The maximum atomic E-state index is 12.7. The highest BCUT2D eigenvalue weighted by Crippen LogP contribution is 2.30. The van der Waals surface area contributed by atoms with Crippen LogP contribution >= 0.6 is 0 Å². The third kappa shape index (κ3) is 3.40. The summed E-state index contributed by atoms with van der Waals surface area (Å²) >= 11 is 0. The second-order valence-electron chi connectivity index (χ2n) is 4.93. The first-order chi connectivity index (χ1) is 9.38. The number of anilines is 1. The topological polar surface area (TPSA) is 68.0 Å². The van der Waals surface area contributed by atoms with E-state index in [0.717, 1.165) is 44.2 Å². The van der Waals surface area contributed by atoms with Gasteiger partial charge in [-0.3, -0.25) is 4.79 Å². The van der Waals surface area contributed by atoms with Crippen LogP contribution in [0.5, 0.6) is 0 Å². The summed E-state index contributed by atoms with van der Waals surface area (Å²) in [5.74, 6) is -0.858. The Hall–Kier alpha value is -1.79. The Morgan fingerprint density at radius 1 is 1.25 bits per heavy atom. The Labute approximate surface area is 114 Å². The van der Waals surface area contributed by atoms with Crippen molar-refractivity contribution in [3.63, 3.8) is 0 Å². The fourth-order valence-corrected chi connectivity index (χ4v) is 2.37. The molecule has 110 valence electrons. The zero-order chi connectivity index (χ0) is 14.8. The van der Waals surface area contributed by atoms with Crippen molar-refractivity contribution in [1.29, 1.82) is 0 Å². The van der Waals surface area contributed by atoms with Crippen LogP contribution in [0.2, 0.25) is 0 Å². The number of carbonyl (C=O) groups excluding carboxylic acids is 1. The Bertz CT molecular complexity index is 496. The van der Waals surface area contributed by atoms with Crippen LogP contribution < -0.4 is 11.1 Å². The van der Waals surface area contributed by atoms with Gasteiger partial charge in [-0.1, -0.05) is 19.3 Å². The summed E-state index contributed by atoms with van der Waals surface area (Å²) in [4.78, 5) is 14.8. The second-order valence-corrected chi connectivity index (χ2v) is 4.93. The predicted octanol–water partition coefficient (Wildman–Crippen LogP) is 2.94. The molecule has 0 aromatic carbocycles. The lowest BCUT2D eigenvalue weighted by atomic mass is 9.95. The van der Waals surface area contributed by atoms with Gasteiger partial charge in [0.05, 0.1) is 5.56 Å². The van der Waals surface area contributed by atoms with E-state index in [9.17, 15) is 18.0 Å². The normalized spacial score (nSPS) is 16.9. The van der Waals surface area contributed by atoms with Crippen LogP contribution in [0.15, 0.2) is 12.1 Å². The van der Waals surface area contributed by atoms with Gasteiger partial charge in [0.25, 0.3) is 5.91 Å². The number of halogens is 3. The molecule has 1 aliphatic rings. The van der Waals surface area contributed by atoms with Crippen LogP contribution in [-0.4, -0.2) is 16.9 Å². The summed E-state index contributed by atoms with van der Waals surface area (Å²) in [7, 11) is 0. The van der Waals surface area contributed by atoms with Crippen LogP contribution in [0.25, 0.3) is 0 Å². The van der Waals surface area contributed by atoms with Crippen molar-refractivity contribution >= 4 is 11.7 Å². The molecule has 1 saturated carbocycles. The number of hydrogen-bond acceptors (Lipinski definition) is 3. The number of nitrogens with one attached hydrogen (secondary N) is 1. The van der Waals surface area contributed by atoms with Crippen molar-refractivity contribution in [2.45, 2.75) is 44.3 Å². The summed E-state index contributed by atoms with van der Waals surface area (Å²) in [6.07, 6.45) is 0.327. The Morgan fingerprint density at radius 3 is 2.45 bits per heavy atom. The number of aromatic nitrogens is 1. The highest BCUT2D eigenvalue weighted by molar-refractivity contribution is 5.97. The van der Waals surface area contributed by atoms with Crippen molar-refractivity contribution in [2.24, 2.45) is 5.73 Å². The first kappa shape index (κ1) is 14.6. The Morgan fingerprint density at radius 2 is 1.90 bits per heavy atom. The molecular formula is C13H16F3N3O. The summed E-state index contributed by atoms with van der Waals surface area (Å²) in [5, 5.41) is 2.93. The summed E-state index contributed by atoms with van der Waals surface area (Å²) in [6.45, 7) is 0. The maximum absolute atomic E-state index is 12.7. The number of hydrogen-bond donors (Lipinski definition) is 2. The smallest absolute Gasteiger partial charge is 0.367 e. The SMILES string of the molecule is NC(=O)c1ccc(C(F)(F)F)nc1NC1CCCCC1. The van der Waals surface area contributed by atoms with Gasteiger partial charge in [-0.05, 0) is 25.0 Å². The number of rotatable bonds is 3. The maximum Gasteiger partial charge on any atom is 0.433 e. The number of primary amides is 1. The van der Waals surface area contributed by atoms with E-state index in [1.165, 1.54) is 0 Å². The highest BCUT2D eigenvalue weighted by Gasteiger charge is 2.33. The van der Waals surface area contributed by atoms with Gasteiger partial charge < -0.3 is 11.1 Å². The van der Waals surface area contributed by atoms with Crippen LogP contribution in [0.3, 0.4) is 0 Å². The monoisotopic (exact) mass is 287 g/mol. The zero-order valence-electron chi connectivity index (χ0n) is 10.8. The average Bonchev–Trinajstić information content (AvgIpc) is 2.38. The van der Waals surface area contributed by atoms with Gasteiger partial charge in [0.1, 0.15) is 11.5 Å². The van der Waals surface area contributed by atoms with Gasteiger partial charge in [0.15, 0.2) is 0 Å². The van der Waals surface area contributed by atoms with Crippen molar-refractivity contribution in [1.82, 2.24) is 4.98 Å². The molecule has 1 heterocycles. The minimum Gasteiger partial charge on any atom is -0.367 e.